The Morgan fingerprint density at radius 2 is 2.15 bits per heavy atom. The second kappa shape index (κ2) is 6.89. The van der Waals surface area contributed by atoms with E-state index in [9.17, 15) is 4.79 Å². The van der Waals surface area contributed by atoms with E-state index in [1.165, 1.54) is 18.4 Å². The zero-order valence-electron chi connectivity index (χ0n) is 12.9. The molecule has 1 fully saturated rings. The number of rotatable bonds is 7. The molecule has 0 bridgehead atoms. The molecule has 0 heterocycles. The first-order chi connectivity index (χ1) is 9.58. The molecule has 2 rings (SSSR count). The fourth-order valence-corrected chi connectivity index (χ4v) is 2.35. The van der Waals surface area contributed by atoms with Gasteiger partial charge < -0.3 is 5.32 Å². The summed E-state index contributed by atoms with van der Waals surface area (Å²) in [6, 6.07) is 8.14. The molecule has 0 aliphatic heterocycles. The van der Waals surface area contributed by atoms with Crippen molar-refractivity contribution in [1.29, 1.82) is 0 Å². The zero-order valence-corrected chi connectivity index (χ0v) is 12.9. The van der Waals surface area contributed by atoms with Gasteiger partial charge in [-0.3, -0.25) is 9.69 Å². The number of benzene rings is 1. The third kappa shape index (κ3) is 4.64. The van der Waals surface area contributed by atoms with E-state index in [4.69, 9.17) is 0 Å². The average molecular weight is 274 g/mol. The van der Waals surface area contributed by atoms with Gasteiger partial charge in [0, 0.05) is 12.2 Å². The van der Waals surface area contributed by atoms with E-state index >= 15 is 0 Å². The fraction of sp³-hybridized carbons (Fsp3) is 0.588. The summed E-state index contributed by atoms with van der Waals surface area (Å²) in [6.07, 6.45) is 2.66. The summed E-state index contributed by atoms with van der Waals surface area (Å²) in [5.74, 6) is 1.40. The van der Waals surface area contributed by atoms with Gasteiger partial charge in [-0.05, 0) is 48.9 Å². The van der Waals surface area contributed by atoms with Crippen molar-refractivity contribution < 1.29 is 4.79 Å². The molecular formula is C17H26N2O. The lowest BCUT2D eigenvalue weighted by molar-refractivity contribution is -0.117. The highest BCUT2D eigenvalue weighted by Gasteiger charge is 2.24. The van der Waals surface area contributed by atoms with Crippen molar-refractivity contribution >= 4 is 11.6 Å². The maximum atomic E-state index is 12.1. The number of likely N-dealkylation sites (N-methyl/N-ethyl adjacent to an activating group) is 1. The monoisotopic (exact) mass is 274 g/mol. The molecule has 1 amide bonds. The standard InChI is InChI=1S/C17H26N2O/c1-4-19(11-14-8-9-14)12-17(20)18-16-7-5-6-15(10-16)13(2)3/h5-7,10,13-14H,4,8-9,11-12H2,1-3H3,(H,18,20). The number of carbonyl (C=O) groups is 1. The molecule has 20 heavy (non-hydrogen) atoms. The maximum Gasteiger partial charge on any atom is 0.238 e. The van der Waals surface area contributed by atoms with Crippen LogP contribution in [0.3, 0.4) is 0 Å². The molecule has 1 aromatic carbocycles. The summed E-state index contributed by atoms with van der Waals surface area (Å²) in [5, 5.41) is 3.02. The Labute approximate surface area is 122 Å². The first kappa shape index (κ1) is 15.0. The SMILES string of the molecule is CCN(CC(=O)Nc1cccc(C(C)C)c1)CC1CC1. The Morgan fingerprint density at radius 1 is 1.40 bits per heavy atom. The molecule has 3 heteroatoms. The third-order valence-electron chi connectivity index (χ3n) is 3.86. The van der Waals surface area contributed by atoms with E-state index in [1.54, 1.807) is 0 Å². The third-order valence-corrected chi connectivity index (χ3v) is 3.86. The summed E-state index contributed by atoms with van der Waals surface area (Å²) in [4.78, 5) is 14.3. The van der Waals surface area contributed by atoms with Crippen LogP contribution in [0.5, 0.6) is 0 Å². The van der Waals surface area contributed by atoms with Gasteiger partial charge in [0.1, 0.15) is 0 Å². The highest BCUT2D eigenvalue weighted by Crippen LogP contribution is 2.29. The van der Waals surface area contributed by atoms with Gasteiger partial charge in [0.25, 0.3) is 0 Å². The molecule has 1 N–H and O–H groups in total. The zero-order chi connectivity index (χ0) is 14.5. The van der Waals surface area contributed by atoms with Crippen LogP contribution in [0.2, 0.25) is 0 Å². The van der Waals surface area contributed by atoms with E-state index in [-0.39, 0.29) is 5.91 Å². The minimum Gasteiger partial charge on any atom is -0.325 e. The highest BCUT2D eigenvalue weighted by molar-refractivity contribution is 5.92. The van der Waals surface area contributed by atoms with Crippen molar-refractivity contribution in [3.63, 3.8) is 0 Å². The van der Waals surface area contributed by atoms with Gasteiger partial charge in [-0.2, -0.15) is 0 Å². The van der Waals surface area contributed by atoms with Crippen LogP contribution in [0.25, 0.3) is 0 Å². The van der Waals surface area contributed by atoms with E-state index in [0.717, 1.165) is 24.7 Å². The van der Waals surface area contributed by atoms with Crippen LogP contribution in [0.4, 0.5) is 5.69 Å². The van der Waals surface area contributed by atoms with Crippen LogP contribution in [0.15, 0.2) is 24.3 Å². The molecule has 3 nitrogen and oxygen atoms in total. The molecule has 110 valence electrons. The van der Waals surface area contributed by atoms with E-state index in [1.807, 2.05) is 12.1 Å². The number of hydrogen-bond acceptors (Lipinski definition) is 2. The lowest BCUT2D eigenvalue weighted by Crippen LogP contribution is -2.34. The molecule has 1 saturated carbocycles. The number of nitrogens with zero attached hydrogens (tertiary/aromatic N) is 1. The average Bonchev–Trinajstić information content (AvgIpc) is 3.22. The number of nitrogens with one attached hydrogen (secondary N) is 1. The van der Waals surface area contributed by atoms with Crippen molar-refractivity contribution in [3.05, 3.63) is 29.8 Å². The summed E-state index contributed by atoms with van der Waals surface area (Å²) >= 11 is 0. The Kier molecular flexibility index (Phi) is 5.18. The Morgan fingerprint density at radius 3 is 2.75 bits per heavy atom. The van der Waals surface area contributed by atoms with Gasteiger partial charge in [0.15, 0.2) is 0 Å². The summed E-state index contributed by atoms with van der Waals surface area (Å²) in [7, 11) is 0. The second-order valence-electron chi connectivity index (χ2n) is 6.10. The fourth-order valence-electron chi connectivity index (χ4n) is 2.35. The van der Waals surface area contributed by atoms with Crippen LogP contribution >= 0.6 is 0 Å². The normalized spacial score (nSPS) is 14.8. The molecular weight excluding hydrogens is 248 g/mol. The summed E-state index contributed by atoms with van der Waals surface area (Å²) < 4.78 is 0. The molecule has 0 aromatic heterocycles. The van der Waals surface area contributed by atoms with Crippen molar-refractivity contribution in [1.82, 2.24) is 4.90 Å². The van der Waals surface area contributed by atoms with E-state index < -0.39 is 0 Å². The molecule has 1 aliphatic carbocycles. The van der Waals surface area contributed by atoms with Crippen LogP contribution in [-0.4, -0.2) is 30.4 Å². The molecule has 0 unspecified atom stereocenters. The lowest BCUT2D eigenvalue weighted by atomic mass is 10.0. The predicted octanol–water partition coefficient (Wildman–Crippen LogP) is 3.48. The molecule has 1 aliphatic rings. The van der Waals surface area contributed by atoms with Crippen molar-refractivity contribution in [2.24, 2.45) is 5.92 Å². The van der Waals surface area contributed by atoms with Crippen LogP contribution in [-0.2, 0) is 4.79 Å². The topological polar surface area (TPSA) is 32.3 Å². The maximum absolute atomic E-state index is 12.1. The quantitative estimate of drug-likeness (QED) is 0.825. The highest BCUT2D eigenvalue weighted by atomic mass is 16.2. The van der Waals surface area contributed by atoms with Crippen LogP contribution in [0.1, 0.15) is 45.1 Å². The summed E-state index contributed by atoms with van der Waals surface area (Å²) in [5.41, 5.74) is 2.16. The van der Waals surface area contributed by atoms with Gasteiger partial charge in [-0.1, -0.05) is 32.9 Å². The van der Waals surface area contributed by atoms with Crippen LogP contribution < -0.4 is 5.32 Å². The van der Waals surface area contributed by atoms with Crippen molar-refractivity contribution in [2.75, 3.05) is 25.0 Å². The molecule has 0 radical (unpaired) electrons. The van der Waals surface area contributed by atoms with E-state index in [0.29, 0.717) is 12.5 Å². The number of carbonyl (C=O) groups excluding carboxylic acids is 1. The number of anilines is 1. The minimum absolute atomic E-state index is 0.0911. The van der Waals surface area contributed by atoms with Gasteiger partial charge in [-0.15, -0.1) is 0 Å². The van der Waals surface area contributed by atoms with Crippen molar-refractivity contribution in [3.8, 4) is 0 Å². The Hall–Kier alpha value is -1.35. The first-order valence-electron chi connectivity index (χ1n) is 7.70. The first-order valence-corrected chi connectivity index (χ1v) is 7.70. The van der Waals surface area contributed by atoms with Gasteiger partial charge >= 0.3 is 0 Å². The molecule has 0 saturated heterocycles. The van der Waals surface area contributed by atoms with Crippen molar-refractivity contribution in [2.45, 2.75) is 39.5 Å². The Bertz CT molecular complexity index is 452. The predicted molar refractivity (Wildman–Crippen MR) is 84.0 cm³/mol. The van der Waals surface area contributed by atoms with Gasteiger partial charge in [-0.25, -0.2) is 0 Å². The number of amides is 1. The van der Waals surface area contributed by atoms with Gasteiger partial charge in [0.05, 0.1) is 6.54 Å². The Balaban J connectivity index is 1.87. The lowest BCUT2D eigenvalue weighted by Gasteiger charge is -2.19. The largest absolute Gasteiger partial charge is 0.325 e. The number of hydrogen-bond donors (Lipinski definition) is 1. The smallest absolute Gasteiger partial charge is 0.238 e. The summed E-state index contributed by atoms with van der Waals surface area (Å²) in [6.45, 7) is 8.95. The van der Waals surface area contributed by atoms with E-state index in [2.05, 4.69) is 43.1 Å². The molecule has 1 aromatic rings. The minimum atomic E-state index is 0.0911. The molecule has 0 spiro atoms. The second-order valence-corrected chi connectivity index (χ2v) is 6.10. The van der Waals surface area contributed by atoms with Crippen LogP contribution in [0, 0.1) is 5.92 Å². The van der Waals surface area contributed by atoms with Gasteiger partial charge in [0.2, 0.25) is 5.91 Å². The molecule has 0 atom stereocenters.